The molecule has 5 heteroatoms. The van der Waals surface area contributed by atoms with Gasteiger partial charge in [0.2, 0.25) is 0 Å². The average Bonchev–Trinajstić information content (AvgIpc) is 2.66. The number of carbonyl (C=O) groups excluding carboxylic acids is 1. The Hall–Kier alpha value is -2.92. The minimum Gasteiger partial charge on any atom is -0.497 e. The van der Waals surface area contributed by atoms with Crippen molar-refractivity contribution in [1.29, 1.82) is 0 Å². The van der Waals surface area contributed by atoms with Crippen LogP contribution in [0.15, 0.2) is 54.6 Å². The molecular formula is C21H23N3O2. The molecule has 0 radical (unpaired) electrons. The Kier molecular flexibility index (Phi) is 5.49. The van der Waals surface area contributed by atoms with Crippen molar-refractivity contribution >= 4 is 16.8 Å². The summed E-state index contributed by atoms with van der Waals surface area (Å²) in [7, 11) is 5.60. The van der Waals surface area contributed by atoms with Gasteiger partial charge in [-0.2, -0.15) is 0 Å². The van der Waals surface area contributed by atoms with Gasteiger partial charge in [0.25, 0.3) is 5.91 Å². The third kappa shape index (κ3) is 4.00. The van der Waals surface area contributed by atoms with E-state index in [0.717, 1.165) is 34.5 Å². The van der Waals surface area contributed by atoms with E-state index in [9.17, 15) is 4.79 Å². The molecule has 0 aliphatic heterocycles. The Labute approximate surface area is 153 Å². The highest BCUT2D eigenvalue weighted by Gasteiger charge is 2.13. The maximum atomic E-state index is 12.7. The summed E-state index contributed by atoms with van der Waals surface area (Å²) < 4.78 is 5.21. The number of ether oxygens (including phenoxy) is 1. The normalized spacial score (nSPS) is 10.9. The van der Waals surface area contributed by atoms with Crippen molar-refractivity contribution in [2.75, 3.05) is 34.3 Å². The van der Waals surface area contributed by atoms with Crippen molar-refractivity contribution in [2.24, 2.45) is 0 Å². The summed E-state index contributed by atoms with van der Waals surface area (Å²) in [6, 6.07) is 17.3. The molecule has 5 nitrogen and oxygen atoms in total. The molecule has 0 atom stereocenters. The number of nitrogens with one attached hydrogen (secondary N) is 1. The molecule has 0 bridgehead atoms. The first-order valence-electron chi connectivity index (χ1n) is 8.55. The molecule has 0 aliphatic rings. The number of hydrogen-bond acceptors (Lipinski definition) is 4. The van der Waals surface area contributed by atoms with Gasteiger partial charge in [-0.3, -0.25) is 4.79 Å². The number of aromatic nitrogens is 1. The molecule has 2 aromatic carbocycles. The number of hydrogen-bond donors (Lipinski definition) is 1. The second-order valence-corrected chi connectivity index (χ2v) is 6.36. The third-order valence-corrected chi connectivity index (χ3v) is 4.19. The number of amides is 1. The second kappa shape index (κ2) is 7.97. The van der Waals surface area contributed by atoms with Gasteiger partial charge in [0.1, 0.15) is 5.75 Å². The van der Waals surface area contributed by atoms with E-state index in [-0.39, 0.29) is 5.91 Å². The lowest BCUT2D eigenvalue weighted by molar-refractivity contribution is 0.0952. The molecule has 1 aromatic heterocycles. The highest BCUT2D eigenvalue weighted by atomic mass is 16.5. The summed E-state index contributed by atoms with van der Waals surface area (Å²) >= 11 is 0. The number of carbonyl (C=O) groups is 1. The molecule has 26 heavy (non-hydrogen) atoms. The molecule has 1 heterocycles. The van der Waals surface area contributed by atoms with Crippen LogP contribution >= 0.6 is 0 Å². The lowest BCUT2D eigenvalue weighted by atomic mass is 10.0. The molecule has 0 saturated heterocycles. The highest BCUT2D eigenvalue weighted by Crippen LogP contribution is 2.26. The van der Waals surface area contributed by atoms with E-state index in [1.807, 2.05) is 73.6 Å². The van der Waals surface area contributed by atoms with Crippen LogP contribution in [0.25, 0.3) is 22.2 Å². The molecule has 0 spiro atoms. The van der Waals surface area contributed by atoms with Crippen molar-refractivity contribution in [3.63, 3.8) is 0 Å². The molecule has 0 aliphatic carbocycles. The molecule has 1 N–H and O–H groups in total. The minimum atomic E-state index is -0.0831. The van der Waals surface area contributed by atoms with E-state index >= 15 is 0 Å². The third-order valence-electron chi connectivity index (χ3n) is 4.19. The standard InChI is InChI=1S/C21H23N3O2/c1-24(2)13-12-22-21(25)18-14-20(15-8-10-16(26-3)11-9-15)23-19-7-5-4-6-17(18)19/h4-11,14H,12-13H2,1-3H3,(H,22,25). The van der Waals surface area contributed by atoms with Crippen LogP contribution in [0.1, 0.15) is 10.4 Å². The topological polar surface area (TPSA) is 54.5 Å². The van der Waals surface area contributed by atoms with Gasteiger partial charge in [-0.25, -0.2) is 4.98 Å². The van der Waals surface area contributed by atoms with Crippen molar-refractivity contribution < 1.29 is 9.53 Å². The number of likely N-dealkylation sites (N-methyl/N-ethyl adjacent to an activating group) is 1. The first-order chi connectivity index (χ1) is 12.6. The Morgan fingerprint density at radius 1 is 1.12 bits per heavy atom. The van der Waals surface area contributed by atoms with Gasteiger partial charge < -0.3 is 15.0 Å². The van der Waals surface area contributed by atoms with Crippen molar-refractivity contribution in [3.8, 4) is 17.0 Å². The summed E-state index contributed by atoms with van der Waals surface area (Å²) in [5.74, 6) is 0.705. The van der Waals surface area contributed by atoms with Gasteiger partial charge in [-0.15, -0.1) is 0 Å². The van der Waals surface area contributed by atoms with Crippen LogP contribution in [-0.2, 0) is 0 Å². The highest BCUT2D eigenvalue weighted by molar-refractivity contribution is 6.07. The van der Waals surface area contributed by atoms with Crippen LogP contribution < -0.4 is 10.1 Å². The zero-order valence-corrected chi connectivity index (χ0v) is 15.3. The Morgan fingerprint density at radius 2 is 1.85 bits per heavy atom. The number of methoxy groups -OCH3 is 1. The lowest BCUT2D eigenvalue weighted by Gasteiger charge is -2.13. The zero-order valence-electron chi connectivity index (χ0n) is 15.3. The predicted molar refractivity (Wildman–Crippen MR) is 105 cm³/mol. The van der Waals surface area contributed by atoms with Crippen LogP contribution in [0.5, 0.6) is 5.75 Å². The fraction of sp³-hybridized carbons (Fsp3) is 0.238. The molecule has 0 saturated carbocycles. The van der Waals surface area contributed by atoms with Gasteiger partial charge in [-0.1, -0.05) is 18.2 Å². The Morgan fingerprint density at radius 3 is 2.54 bits per heavy atom. The Bertz CT molecular complexity index is 905. The summed E-state index contributed by atoms with van der Waals surface area (Å²) in [6.07, 6.45) is 0. The van der Waals surface area contributed by atoms with Crippen LogP contribution in [-0.4, -0.2) is 50.1 Å². The van der Waals surface area contributed by atoms with Crippen molar-refractivity contribution in [2.45, 2.75) is 0 Å². The van der Waals surface area contributed by atoms with E-state index in [4.69, 9.17) is 9.72 Å². The quantitative estimate of drug-likeness (QED) is 0.742. The molecule has 134 valence electrons. The SMILES string of the molecule is COc1ccc(-c2cc(C(=O)NCCN(C)C)c3ccccc3n2)cc1. The molecule has 0 fully saturated rings. The van der Waals surface area contributed by atoms with Gasteiger partial charge in [0.15, 0.2) is 0 Å². The summed E-state index contributed by atoms with van der Waals surface area (Å²) in [5, 5.41) is 3.84. The molecule has 1 amide bonds. The number of rotatable bonds is 6. The van der Waals surface area contributed by atoms with Crippen LogP contribution in [0.2, 0.25) is 0 Å². The van der Waals surface area contributed by atoms with Crippen LogP contribution in [0, 0.1) is 0 Å². The fourth-order valence-corrected chi connectivity index (χ4v) is 2.76. The summed E-state index contributed by atoms with van der Waals surface area (Å²) in [6.45, 7) is 1.39. The van der Waals surface area contributed by atoms with Crippen LogP contribution in [0.3, 0.4) is 0 Å². The molecular weight excluding hydrogens is 326 g/mol. The van der Waals surface area contributed by atoms with E-state index in [1.165, 1.54) is 0 Å². The fourth-order valence-electron chi connectivity index (χ4n) is 2.76. The smallest absolute Gasteiger partial charge is 0.252 e. The van der Waals surface area contributed by atoms with Crippen LogP contribution in [0.4, 0.5) is 0 Å². The first-order valence-corrected chi connectivity index (χ1v) is 8.55. The van der Waals surface area contributed by atoms with Crippen molar-refractivity contribution in [3.05, 3.63) is 60.2 Å². The number of para-hydroxylation sites is 1. The first kappa shape index (κ1) is 17.9. The zero-order chi connectivity index (χ0) is 18.5. The number of benzene rings is 2. The maximum Gasteiger partial charge on any atom is 0.252 e. The van der Waals surface area contributed by atoms with E-state index in [1.54, 1.807) is 7.11 Å². The van der Waals surface area contributed by atoms with Gasteiger partial charge in [0, 0.05) is 24.0 Å². The molecule has 3 aromatic rings. The van der Waals surface area contributed by atoms with Crippen molar-refractivity contribution in [1.82, 2.24) is 15.2 Å². The summed E-state index contributed by atoms with van der Waals surface area (Å²) in [5.41, 5.74) is 3.15. The van der Waals surface area contributed by atoms with Gasteiger partial charge >= 0.3 is 0 Å². The molecule has 0 unspecified atom stereocenters. The number of fused-ring (bicyclic) bond motifs is 1. The molecule has 3 rings (SSSR count). The van der Waals surface area contributed by atoms with E-state index in [2.05, 4.69) is 5.32 Å². The Balaban J connectivity index is 1.99. The average molecular weight is 349 g/mol. The number of pyridine rings is 1. The van der Waals surface area contributed by atoms with Gasteiger partial charge in [0.05, 0.1) is 23.9 Å². The largest absolute Gasteiger partial charge is 0.497 e. The number of nitrogens with zero attached hydrogens (tertiary/aromatic N) is 2. The predicted octanol–water partition coefficient (Wildman–Crippen LogP) is 3.20. The second-order valence-electron chi connectivity index (χ2n) is 6.36. The van der Waals surface area contributed by atoms with E-state index < -0.39 is 0 Å². The monoisotopic (exact) mass is 349 g/mol. The van der Waals surface area contributed by atoms with E-state index in [0.29, 0.717) is 12.1 Å². The summed E-state index contributed by atoms with van der Waals surface area (Å²) in [4.78, 5) is 19.5. The lowest BCUT2D eigenvalue weighted by Crippen LogP contribution is -2.31. The maximum absolute atomic E-state index is 12.7. The minimum absolute atomic E-state index is 0.0831. The van der Waals surface area contributed by atoms with Gasteiger partial charge in [-0.05, 0) is 50.5 Å².